The normalized spacial score (nSPS) is 10.8. The summed E-state index contributed by atoms with van der Waals surface area (Å²) in [5.41, 5.74) is 4.15. The average Bonchev–Trinajstić information content (AvgIpc) is 3.15. The Kier molecular flexibility index (Phi) is 4.72. The second-order valence-electron chi connectivity index (χ2n) is 6.39. The van der Waals surface area contributed by atoms with Gasteiger partial charge in [0, 0.05) is 11.1 Å². The van der Waals surface area contributed by atoms with Crippen LogP contribution in [0.25, 0.3) is 16.9 Å². The lowest BCUT2D eigenvalue weighted by Gasteiger charge is -2.06. The molecule has 0 atom stereocenters. The zero-order valence-electron chi connectivity index (χ0n) is 15.6. The third kappa shape index (κ3) is 3.55. The Bertz CT molecular complexity index is 1140. The van der Waals surface area contributed by atoms with Gasteiger partial charge in [-0.05, 0) is 37.3 Å². The lowest BCUT2D eigenvalue weighted by Crippen LogP contribution is -2.24. The van der Waals surface area contributed by atoms with Crippen molar-refractivity contribution in [2.45, 2.75) is 13.5 Å². The van der Waals surface area contributed by atoms with Crippen LogP contribution in [0.2, 0.25) is 0 Å². The van der Waals surface area contributed by atoms with E-state index >= 15 is 0 Å². The fourth-order valence-electron chi connectivity index (χ4n) is 2.85. The van der Waals surface area contributed by atoms with E-state index in [1.165, 1.54) is 5.56 Å². The monoisotopic (exact) mass is 373 g/mol. The van der Waals surface area contributed by atoms with E-state index in [0.29, 0.717) is 22.8 Å². The Morgan fingerprint density at radius 3 is 2.68 bits per heavy atom. The Morgan fingerprint density at radius 2 is 1.89 bits per heavy atom. The van der Waals surface area contributed by atoms with Crippen LogP contribution in [-0.4, -0.2) is 32.8 Å². The molecular weight excluding hydrogens is 354 g/mol. The van der Waals surface area contributed by atoms with E-state index in [2.05, 4.69) is 20.6 Å². The fraction of sp³-hybridized carbons (Fsp3) is 0.143. The Balaban J connectivity index is 1.56. The number of nitrogens with one attached hydrogen (secondary N) is 1. The van der Waals surface area contributed by atoms with Crippen LogP contribution < -0.4 is 10.1 Å². The molecule has 1 N–H and O–H groups in total. The van der Waals surface area contributed by atoms with Crippen molar-refractivity contribution in [1.29, 1.82) is 0 Å². The molecule has 1 amide bonds. The van der Waals surface area contributed by atoms with Gasteiger partial charge in [-0.3, -0.25) is 4.79 Å². The largest absolute Gasteiger partial charge is 0.497 e. The first-order valence-electron chi connectivity index (χ1n) is 8.85. The predicted octanol–water partition coefficient (Wildman–Crippen LogP) is 3.04. The predicted molar refractivity (Wildman–Crippen MR) is 105 cm³/mol. The van der Waals surface area contributed by atoms with Crippen LogP contribution in [-0.2, 0) is 6.54 Å². The summed E-state index contributed by atoms with van der Waals surface area (Å²) in [6.07, 6.45) is 0. The van der Waals surface area contributed by atoms with Crippen molar-refractivity contribution >= 4 is 11.6 Å². The minimum atomic E-state index is -0.217. The highest BCUT2D eigenvalue weighted by Crippen LogP contribution is 2.18. The first-order valence-corrected chi connectivity index (χ1v) is 8.85. The van der Waals surface area contributed by atoms with Crippen molar-refractivity contribution in [3.05, 3.63) is 77.6 Å². The van der Waals surface area contributed by atoms with Crippen molar-refractivity contribution in [3.63, 3.8) is 0 Å². The third-order valence-corrected chi connectivity index (χ3v) is 4.41. The second-order valence-corrected chi connectivity index (χ2v) is 6.39. The van der Waals surface area contributed by atoms with Crippen LogP contribution in [0, 0.1) is 6.92 Å². The van der Waals surface area contributed by atoms with Gasteiger partial charge < -0.3 is 10.1 Å². The van der Waals surface area contributed by atoms with Crippen molar-refractivity contribution in [1.82, 2.24) is 25.1 Å². The molecule has 7 nitrogen and oxygen atoms in total. The molecule has 2 heterocycles. The summed E-state index contributed by atoms with van der Waals surface area (Å²) in [7, 11) is 1.57. The molecule has 2 aromatic carbocycles. The van der Waals surface area contributed by atoms with Gasteiger partial charge in [-0.15, -0.1) is 10.2 Å². The molecule has 4 rings (SSSR count). The highest BCUT2D eigenvalue weighted by atomic mass is 16.5. The van der Waals surface area contributed by atoms with Crippen LogP contribution in [0.5, 0.6) is 5.75 Å². The molecule has 28 heavy (non-hydrogen) atoms. The third-order valence-electron chi connectivity index (χ3n) is 4.41. The standard InChI is InChI=1S/C21H19N5O2/c1-14-6-8-15(9-7-14)18-10-11-19-23-24-20(26(19)25-18)13-22-21(27)16-4-3-5-17(12-16)28-2/h3-12H,13H2,1-2H3,(H,22,27). The summed E-state index contributed by atoms with van der Waals surface area (Å²) < 4.78 is 6.81. The van der Waals surface area contributed by atoms with E-state index in [0.717, 1.165) is 11.3 Å². The zero-order chi connectivity index (χ0) is 19.5. The molecule has 0 aliphatic rings. The smallest absolute Gasteiger partial charge is 0.251 e. The van der Waals surface area contributed by atoms with Crippen LogP contribution >= 0.6 is 0 Å². The van der Waals surface area contributed by atoms with E-state index in [4.69, 9.17) is 4.74 Å². The number of rotatable bonds is 5. The first kappa shape index (κ1) is 17.7. The molecule has 0 unspecified atom stereocenters. The van der Waals surface area contributed by atoms with Gasteiger partial charge in [0.15, 0.2) is 11.5 Å². The molecule has 0 spiro atoms. The number of hydrogen-bond acceptors (Lipinski definition) is 5. The number of aromatic nitrogens is 4. The van der Waals surface area contributed by atoms with Gasteiger partial charge in [0.2, 0.25) is 0 Å². The molecule has 140 valence electrons. The minimum absolute atomic E-state index is 0.210. The maximum atomic E-state index is 12.4. The summed E-state index contributed by atoms with van der Waals surface area (Å²) in [6.45, 7) is 2.25. The maximum Gasteiger partial charge on any atom is 0.251 e. The SMILES string of the molecule is COc1cccc(C(=O)NCc2nnc3ccc(-c4ccc(C)cc4)nn23)c1. The number of hydrogen-bond donors (Lipinski definition) is 1. The van der Waals surface area contributed by atoms with E-state index in [1.54, 1.807) is 35.9 Å². The summed E-state index contributed by atoms with van der Waals surface area (Å²) in [5, 5.41) is 15.8. The van der Waals surface area contributed by atoms with Gasteiger partial charge in [-0.2, -0.15) is 9.61 Å². The lowest BCUT2D eigenvalue weighted by molar-refractivity contribution is 0.0949. The van der Waals surface area contributed by atoms with Crippen molar-refractivity contribution < 1.29 is 9.53 Å². The van der Waals surface area contributed by atoms with Crippen molar-refractivity contribution in [2.75, 3.05) is 7.11 Å². The van der Waals surface area contributed by atoms with E-state index < -0.39 is 0 Å². The Hall–Kier alpha value is -3.74. The molecule has 0 fully saturated rings. The fourth-order valence-corrected chi connectivity index (χ4v) is 2.85. The number of fused-ring (bicyclic) bond motifs is 1. The molecule has 0 aliphatic carbocycles. The summed E-state index contributed by atoms with van der Waals surface area (Å²) in [4.78, 5) is 12.4. The van der Waals surface area contributed by atoms with Crippen molar-refractivity contribution in [2.24, 2.45) is 0 Å². The van der Waals surface area contributed by atoms with Crippen LogP contribution in [0.15, 0.2) is 60.7 Å². The Labute approximate surface area is 162 Å². The topological polar surface area (TPSA) is 81.4 Å². The van der Waals surface area contributed by atoms with Crippen LogP contribution in [0.1, 0.15) is 21.7 Å². The first-order chi connectivity index (χ1) is 13.6. The number of carbonyl (C=O) groups excluding carboxylic acids is 1. The van der Waals surface area contributed by atoms with Gasteiger partial charge in [0.05, 0.1) is 19.3 Å². The zero-order valence-corrected chi connectivity index (χ0v) is 15.6. The highest BCUT2D eigenvalue weighted by Gasteiger charge is 2.12. The summed E-state index contributed by atoms with van der Waals surface area (Å²) in [6, 6.07) is 18.9. The summed E-state index contributed by atoms with van der Waals surface area (Å²) >= 11 is 0. The number of methoxy groups -OCH3 is 1. The molecule has 0 bridgehead atoms. The molecule has 2 aromatic heterocycles. The van der Waals surface area contributed by atoms with Gasteiger partial charge in [0.25, 0.3) is 5.91 Å². The molecule has 0 saturated heterocycles. The summed E-state index contributed by atoms with van der Waals surface area (Å²) in [5.74, 6) is 0.968. The van der Waals surface area contributed by atoms with E-state index in [-0.39, 0.29) is 12.5 Å². The highest BCUT2D eigenvalue weighted by molar-refractivity contribution is 5.94. The number of amides is 1. The van der Waals surface area contributed by atoms with Crippen LogP contribution in [0.3, 0.4) is 0 Å². The average molecular weight is 373 g/mol. The van der Waals surface area contributed by atoms with Crippen molar-refractivity contribution in [3.8, 4) is 17.0 Å². The number of benzene rings is 2. The van der Waals surface area contributed by atoms with E-state index in [1.807, 2.05) is 43.3 Å². The maximum absolute atomic E-state index is 12.4. The van der Waals surface area contributed by atoms with Gasteiger partial charge in [-0.25, -0.2) is 0 Å². The molecule has 7 heteroatoms. The van der Waals surface area contributed by atoms with Gasteiger partial charge in [0.1, 0.15) is 5.75 Å². The van der Waals surface area contributed by atoms with Gasteiger partial charge >= 0.3 is 0 Å². The second kappa shape index (κ2) is 7.48. The quantitative estimate of drug-likeness (QED) is 0.581. The molecule has 4 aromatic rings. The van der Waals surface area contributed by atoms with E-state index in [9.17, 15) is 4.79 Å². The molecular formula is C21H19N5O2. The molecule has 0 aliphatic heterocycles. The van der Waals surface area contributed by atoms with Gasteiger partial charge in [-0.1, -0.05) is 35.9 Å². The molecule has 0 saturated carbocycles. The molecule has 0 radical (unpaired) electrons. The Morgan fingerprint density at radius 1 is 1.07 bits per heavy atom. The number of carbonyl (C=O) groups is 1. The van der Waals surface area contributed by atoms with Crippen LogP contribution in [0.4, 0.5) is 0 Å². The lowest BCUT2D eigenvalue weighted by atomic mass is 10.1. The number of aryl methyl sites for hydroxylation is 1. The minimum Gasteiger partial charge on any atom is -0.497 e. The number of ether oxygens (including phenoxy) is 1. The number of nitrogens with zero attached hydrogens (tertiary/aromatic N) is 4.